The number of phenolic OH excluding ortho intramolecular Hbond substituents is 1. The van der Waals surface area contributed by atoms with E-state index in [-0.39, 0.29) is 16.7 Å². The van der Waals surface area contributed by atoms with E-state index in [0.29, 0.717) is 5.75 Å². The van der Waals surface area contributed by atoms with E-state index in [1.165, 1.54) is 31.4 Å². The average Bonchev–Trinajstić information content (AvgIpc) is 2.60. The molecule has 120 valence electrons. The molecule has 0 aliphatic heterocycles. The Bertz CT molecular complexity index is 864. The molecular weight excluding hydrogens is 312 g/mol. The lowest BCUT2D eigenvalue weighted by molar-refractivity contribution is -0.385. The van der Waals surface area contributed by atoms with Crippen LogP contribution in [0.15, 0.2) is 48.0 Å². The molecule has 0 spiro atoms. The maximum atomic E-state index is 12.4. The molecule has 7 heteroatoms. The first-order valence-electron chi connectivity index (χ1n) is 6.74. The number of carbonyl (C=O) groups is 1. The van der Waals surface area contributed by atoms with E-state index in [4.69, 9.17) is 4.74 Å². The predicted octanol–water partition coefficient (Wildman–Crippen LogP) is 3.10. The summed E-state index contributed by atoms with van der Waals surface area (Å²) in [6.45, 7) is 0. The van der Waals surface area contributed by atoms with E-state index < -0.39 is 22.1 Å². The molecule has 0 saturated carbocycles. The van der Waals surface area contributed by atoms with Crippen molar-refractivity contribution < 1.29 is 19.6 Å². The summed E-state index contributed by atoms with van der Waals surface area (Å²) in [5.41, 5.74) is -0.132. The molecule has 2 rings (SSSR count). The van der Waals surface area contributed by atoms with Gasteiger partial charge in [0.25, 0.3) is 0 Å². The summed E-state index contributed by atoms with van der Waals surface area (Å²) < 4.78 is 5.00. The Kier molecular flexibility index (Phi) is 4.92. The third kappa shape index (κ3) is 3.56. The molecule has 2 aromatic carbocycles. The third-order valence-electron chi connectivity index (χ3n) is 3.22. The quantitative estimate of drug-likeness (QED) is 0.297. The van der Waals surface area contributed by atoms with Gasteiger partial charge in [-0.05, 0) is 42.0 Å². The monoisotopic (exact) mass is 324 g/mol. The third-order valence-corrected chi connectivity index (χ3v) is 3.22. The van der Waals surface area contributed by atoms with Crippen LogP contribution in [0, 0.1) is 21.4 Å². The number of carbonyl (C=O) groups excluding carboxylic acids is 1. The SMILES string of the molecule is COc1ccc(C(=O)/C(C#N)=C/c2ccc(O)c([N+](=O)[O-])c2)cc1. The molecule has 0 aromatic heterocycles. The van der Waals surface area contributed by atoms with Gasteiger partial charge in [0, 0.05) is 11.6 Å². The maximum Gasteiger partial charge on any atom is 0.311 e. The molecule has 0 unspecified atom stereocenters. The minimum atomic E-state index is -0.746. The minimum Gasteiger partial charge on any atom is -0.502 e. The molecule has 2 aromatic rings. The van der Waals surface area contributed by atoms with Gasteiger partial charge in [0.15, 0.2) is 5.75 Å². The summed E-state index contributed by atoms with van der Waals surface area (Å²) in [6, 6.07) is 11.6. The number of benzene rings is 2. The molecule has 0 amide bonds. The summed E-state index contributed by atoms with van der Waals surface area (Å²) in [5.74, 6) is -0.434. The zero-order valence-electron chi connectivity index (χ0n) is 12.6. The summed E-state index contributed by atoms with van der Waals surface area (Å²) >= 11 is 0. The van der Waals surface area contributed by atoms with Crippen LogP contribution in [0.3, 0.4) is 0 Å². The highest BCUT2D eigenvalue weighted by molar-refractivity contribution is 6.14. The molecule has 0 atom stereocenters. The smallest absolute Gasteiger partial charge is 0.311 e. The van der Waals surface area contributed by atoms with Crippen LogP contribution >= 0.6 is 0 Å². The Hall–Kier alpha value is -3.66. The van der Waals surface area contributed by atoms with Gasteiger partial charge >= 0.3 is 5.69 Å². The van der Waals surface area contributed by atoms with Crippen molar-refractivity contribution in [3.63, 3.8) is 0 Å². The van der Waals surface area contributed by atoms with Crippen molar-refractivity contribution >= 4 is 17.5 Å². The minimum absolute atomic E-state index is 0.180. The van der Waals surface area contributed by atoms with E-state index >= 15 is 0 Å². The molecule has 0 bridgehead atoms. The number of phenols is 1. The number of aromatic hydroxyl groups is 1. The largest absolute Gasteiger partial charge is 0.502 e. The predicted molar refractivity (Wildman–Crippen MR) is 85.7 cm³/mol. The number of methoxy groups -OCH3 is 1. The summed E-state index contributed by atoms with van der Waals surface area (Å²) in [5, 5.41) is 29.5. The second-order valence-electron chi connectivity index (χ2n) is 4.73. The lowest BCUT2D eigenvalue weighted by atomic mass is 10.0. The van der Waals surface area contributed by atoms with E-state index in [2.05, 4.69) is 0 Å². The van der Waals surface area contributed by atoms with E-state index in [0.717, 1.165) is 12.1 Å². The van der Waals surface area contributed by atoms with Crippen molar-refractivity contribution in [3.8, 4) is 17.6 Å². The first-order chi connectivity index (χ1) is 11.5. The molecule has 1 N–H and O–H groups in total. The molecule has 0 radical (unpaired) electrons. The van der Waals surface area contributed by atoms with Crippen molar-refractivity contribution in [1.82, 2.24) is 0 Å². The normalized spacial score (nSPS) is 10.8. The van der Waals surface area contributed by atoms with Crippen LogP contribution in [0.25, 0.3) is 6.08 Å². The number of nitro benzene ring substituents is 1. The molecule has 24 heavy (non-hydrogen) atoms. The molecule has 0 heterocycles. The highest BCUT2D eigenvalue weighted by Gasteiger charge is 2.16. The first kappa shape index (κ1) is 16.7. The molecule has 0 aliphatic carbocycles. The van der Waals surface area contributed by atoms with Gasteiger partial charge in [0.1, 0.15) is 17.4 Å². The number of nitro groups is 1. The number of hydrogen-bond acceptors (Lipinski definition) is 6. The summed E-state index contributed by atoms with van der Waals surface area (Å²) in [7, 11) is 1.50. The second kappa shape index (κ2) is 7.07. The van der Waals surface area contributed by atoms with Gasteiger partial charge in [-0.25, -0.2) is 0 Å². The zero-order valence-corrected chi connectivity index (χ0v) is 12.6. The fraction of sp³-hybridized carbons (Fsp3) is 0.0588. The molecule has 0 aliphatic rings. The molecular formula is C17H12N2O5. The topological polar surface area (TPSA) is 113 Å². The Labute approximate surface area is 137 Å². The summed E-state index contributed by atoms with van der Waals surface area (Å²) in [4.78, 5) is 22.4. The highest BCUT2D eigenvalue weighted by Crippen LogP contribution is 2.27. The standard InChI is InChI=1S/C17H12N2O5/c1-24-14-5-3-12(4-6-14)17(21)13(10-18)8-11-2-7-16(20)15(9-11)19(22)23/h2-9,20H,1H3/b13-8+. The van der Waals surface area contributed by atoms with Crippen molar-refractivity contribution in [2.24, 2.45) is 0 Å². The molecule has 7 nitrogen and oxygen atoms in total. The average molecular weight is 324 g/mol. The number of nitriles is 1. The van der Waals surface area contributed by atoms with Gasteiger partial charge in [0.2, 0.25) is 5.78 Å². The van der Waals surface area contributed by atoms with Gasteiger partial charge in [-0.3, -0.25) is 14.9 Å². The molecule has 0 fully saturated rings. The van der Waals surface area contributed by atoms with Crippen molar-refractivity contribution in [1.29, 1.82) is 5.26 Å². The lowest BCUT2D eigenvalue weighted by Gasteiger charge is -2.03. The highest BCUT2D eigenvalue weighted by atomic mass is 16.6. The number of ether oxygens (including phenoxy) is 1. The number of hydrogen-bond donors (Lipinski definition) is 1. The Morgan fingerprint density at radius 1 is 1.29 bits per heavy atom. The Morgan fingerprint density at radius 3 is 2.50 bits per heavy atom. The Balaban J connectivity index is 2.38. The number of allylic oxidation sites excluding steroid dienone is 1. The van der Waals surface area contributed by atoms with Crippen molar-refractivity contribution in [2.45, 2.75) is 0 Å². The van der Waals surface area contributed by atoms with Crippen molar-refractivity contribution in [3.05, 3.63) is 69.3 Å². The van der Waals surface area contributed by atoms with Crippen LogP contribution < -0.4 is 4.74 Å². The van der Waals surface area contributed by atoms with Gasteiger partial charge < -0.3 is 9.84 Å². The van der Waals surface area contributed by atoms with Crippen LogP contribution in [-0.2, 0) is 0 Å². The maximum absolute atomic E-state index is 12.4. The van der Waals surface area contributed by atoms with Crippen LogP contribution in [-0.4, -0.2) is 22.9 Å². The van der Waals surface area contributed by atoms with Crippen LogP contribution in [0.5, 0.6) is 11.5 Å². The van der Waals surface area contributed by atoms with Gasteiger partial charge in [-0.1, -0.05) is 6.07 Å². The van der Waals surface area contributed by atoms with Crippen LogP contribution in [0.4, 0.5) is 5.69 Å². The Morgan fingerprint density at radius 2 is 1.96 bits per heavy atom. The van der Waals surface area contributed by atoms with Gasteiger partial charge in [-0.2, -0.15) is 5.26 Å². The lowest BCUT2D eigenvalue weighted by Crippen LogP contribution is -2.02. The summed E-state index contributed by atoms with van der Waals surface area (Å²) in [6.07, 6.45) is 1.24. The van der Waals surface area contributed by atoms with E-state index in [9.17, 15) is 25.3 Å². The van der Waals surface area contributed by atoms with E-state index in [1.54, 1.807) is 18.2 Å². The first-order valence-corrected chi connectivity index (χ1v) is 6.74. The van der Waals surface area contributed by atoms with Gasteiger partial charge in [0.05, 0.1) is 12.0 Å². The fourth-order valence-corrected chi connectivity index (χ4v) is 1.99. The van der Waals surface area contributed by atoms with Crippen LogP contribution in [0.1, 0.15) is 15.9 Å². The van der Waals surface area contributed by atoms with Crippen LogP contribution in [0.2, 0.25) is 0 Å². The zero-order chi connectivity index (χ0) is 17.7. The molecule has 0 saturated heterocycles. The number of Topliss-reactive ketones (excluding diaryl/α,β-unsaturated/α-hetero) is 1. The number of ketones is 1. The van der Waals surface area contributed by atoms with Crippen molar-refractivity contribution in [2.75, 3.05) is 7.11 Å². The van der Waals surface area contributed by atoms with Gasteiger partial charge in [-0.15, -0.1) is 0 Å². The van der Waals surface area contributed by atoms with E-state index in [1.807, 2.05) is 0 Å². The number of rotatable bonds is 5. The second-order valence-corrected chi connectivity index (χ2v) is 4.73. The number of nitrogens with zero attached hydrogens (tertiary/aromatic N) is 2. The fourth-order valence-electron chi connectivity index (χ4n) is 1.99.